The predicted molar refractivity (Wildman–Crippen MR) is 103 cm³/mol. The molecule has 1 amide bonds. The van der Waals surface area contributed by atoms with E-state index in [9.17, 15) is 9.90 Å². The second-order valence-electron chi connectivity index (χ2n) is 6.72. The number of aryl methyl sites for hydroxylation is 1. The first-order chi connectivity index (χ1) is 12.4. The number of halogens is 1. The Morgan fingerprint density at radius 2 is 2.31 bits per heavy atom. The summed E-state index contributed by atoms with van der Waals surface area (Å²) < 4.78 is 5.12. The first-order valence-corrected chi connectivity index (χ1v) is 9.42. The largest absolute Gasteiger partial charge is 0.391 e. The van der Waals surface area contributed by atoms with Crippen molar-refractivity contribution in [1.29, 1.82) is 0 Å². The van der Waals surface area contributed by atoms with E-state index in [2.05, 4.69) is 10.5 Å². The summed E-state index contributed by atoms with van der Waals surface area (Å²) >= 11 is 11.5. The van der Waals surface area contributed by atoms with Crippen LogP contribution in [-0.4, -0.2) is 51.3 Å². The summed E-state index contributed by atoms with van der Waals surface area (Å²) in [5, 5.41) is 17.9. The molecule has 1 aromatic heterocycles. The molecule has 2 aliphatic rings. The van der Waals surface area contributed by atoms with E-state index in [1.807, 2.05) is 12.2 Å². The predicted octanol–water partition coefficient (Wildman–Crippen LogP) is 2.25. The number of hydrogen-bond acceptors (Lipinski definition) is 5. The Morgan fingerprint density at radius 3 is 2.96 bits per heavy atom. The number of thiocarbonyl (C=S) groups is 1. The topological polar surface area (TPSA) is 78.6 Å². The number of allylic oxidation sites excluding steroid dienone is 3. The van der Waals surface area contributed by atoms with E-state index in [1.54, 1.807) is 17.9 Å². The van der Waals surface area contributed by atoms with Crippen molar-refractivity contribution in [3.05, 3.63) is 40.3 Å². The van der Waals surface area contributed by atoms with Crippen LogP contribution in [0.5, 0.6) is 0 Å². The van der Waals surface area contributed by atoms with E-state index >= 15 is 0 Å². The lowest BCUT2D eigenvalue weighted by Crippen LogP contribution is -2.46. The summed E-state index contributed by atoms with van der Waals surface area (Å²) in [4.78, 5) is 14.8. The number of aliphatic hydroxyl groups excluding tert-OH is 1. The molecule has 2 N–H and O–H groups in total. The number of aromatic nitrogens is 1. The second-order valence-corrected chi connectivity index (χ2v) is 7.64. The number of amides is 1. The zero-order valence-corrected chi connectivity index (χ0v) is 16.1. The van der Waals surface area contributed by atoms with Crippen molar-refractivity contribution in [1.82, 2.24) is 15.4 Å². The fourth-order valence-corrected chi connectivity index (χ4v) is 3.66. The van der Waals surface area contributed by atoms with Gasteiger partial charge < -0.3 is 19.8 Å². The fourth-order valence-electron chi connectivity index (χ4n) is 3.21. The molecule has 2 atom stereocenters. The van der Waals surface area contributed by atoms with Crippen molar-refractivity contribution in [2.45, 2.75) is 44.8 Å². The van der Waals surface area contributed by atoms with Gasteiger partial charge in [-0.2, -0.15) is 0 Å². The maximum Gasteiger partial charge on any atom is 0.230 e. The SMILES string of the molecule is Cc1cc(CC(=O)N2C[C@H](O)C[C@H]2C(=S)NCC2=CC=C(Cl)CC2)on1. The van der Waals surface area contributed by atoms with Gasteiger partial charge in [-0.25, -0.2) is 0 Å². The van der Waals surface area contributed by atoms with Crippen LogP contribution in [0.25, 0.3) is 0 Å². The molecule has 6 nitrogen and oxygen atoms in total. The van der Waals surface area contributed by atoms with Crippen molar-refractivity contribution < 1.29 is 14.4 Å². The van der Waals surface area contributed by atoms with Crippen molar-refractivity contribution in [3.63, 3.8) is 0 Å². The molecule has 0 saturated carbocycles. The van der Waals surface area contributed by atoms with Gasteiger partial charge in [0.2, 0.25) is 5.91 Å². The van der Waals surface area contributed by atoms with Crippen LogP contribution in [0, 0.1) is 6.92 Å². The quantitative estimate of drug-likeness (QED) is 0.744. The lowest BCUT2D eigenvalue weighted by atomic mass is 10.0. The second kappa shape index (κ2) is 8.33. The maximum absolute atomic E-state index is 12.6. The Morgan fingerprint density at radius 1 is 1.50 bits per heavy atom. The number of aliphatic hydroxyl groups is 1. The highest BCUT2D eigenvalue weighted by molar-refractivity contribution is 7.80. The average molecular weight is 396 g/mol. The van der Waals surface area contributed by atoms with Crippen LogP contribution >= 0.6 is 23.8 Å². The number of nitrogens with zero attached hydrogens (tertiary/aromatic N) is 2. The van der Waals surface area contributed by atoms with Crippen LogP contribution in [0.2, 0.25) is 0 Å². The van der Waals surface area contributed by atoms with Crippen molar-refractivity contribution >= 4 is 34.7 Å². The third kappa shape index (κ3) is 4.72. The van der Waals surface area contributed by atoms with Crippen molar-refractivity contribution in [2.24, 2.45) is 0 Å². The third-order valence-electron chi connectivity index (χ3n) is 4.58. The lowest BCUT2D eigenvalue weighted by molar-refractivity contribution is -0.130. The summed E-state index contributed by atoms with van der Waals surface area (Å²) in [6, 6.07) is 1.43. The number of β-amino-alcohol motifs (C(OH)–C–C–N with tert-alkyl or cyclic N) is 1. The lowest BCUT2D eigenvalue weighted by Gasteiger charge is -2.26. The monoisotopic (exact) mass is 395 g/mol. The van der Waals surface area contributed by atoms with Crippen LogP contribution in [0.15, 0.2) is 33.3 Å². The van der Waals surface area contributed by atoms with E-state index in [0.717, 1.165) is 23.6 Å². The molecule has 140 valence electrons. The molecular formula is C18H22ClN3O3S. The summed E-state index contributed by atoms with van der Waals surface area (Å²) in [7, 11) is 0. The molecule has 1 fully saturated rings. The van der Waals surface area contributed by atoms with Crippen LogP contribution in [0.4, 0.5) is 0 Å². The van der Waals surface area contributed by atoms with E-state index < -0.39 is 6.10 Å². The van der Waals surface area contributed by atoms with Crippen LogP contribution in [0.1, 0.15) is 30.7 Å². The Balaban J connectivity index is 1.59. The van der Waals surface area contributed by atoms with E-state index in [1.165, 1.54) is 5.57 Å². The average Bonchev–Trinajstić information content (AvgIpc) is 3.19. The van der Waals surface area contributed by atoms with Crippen molar-refractivity contribution in [2.75, 3.05) is 13.1 Å². The smallest absolute Gasteiger partial charge is 0.230 e. The molecule has 1 aliphatic heterocycles. The van der Waals surface area contributed by atoms with Crippen LogP contribution < -0.4 is 5.32 Å². The Bertz CT molecular complexity index is 759. The highest BCUT2D eigenvalue weighted by atomic mass is 35.5. The zero-order chi connectivity index (χ0) is 18.7. The number of rotatable bonds is 5. The normalized spacial score (nSPS) is 22.8. The van der Waals surface area contributed by atoms with Gasteiger partial charge in [-0.05, 0) is 25.8 Å². The highest BCUT2D eigenvalue weighted by Crippen LogP contribution is 2.22. The molecule has 26 heavy (non-hydrogen) atoms. The molecule has 8 heteroatoms. The number of carbonyl (C=O) groups excluding carboxylic acids is 1. The standard InChI is InChI=1S/C18H22ClN3O3S/c1-11-6-15(25-21-11)8-17(24)22-10-14(23)7-16(22)18(26)20-9-12-2-4-13(19)5-3-12/h2,4,6,14,16,23H,3,5,7-10H2,1H3,(H,20,26)/t14-,16+/m1/s1. The number of carbonyl (C=O) groups is 1. The molecule has 3 rings (SSSR count). The van der Waals surface area contributed by atoms with Crippen LogP contribution in [0.3, 0.4) is 0 Å². The minimum Gasteiger partial charge on any atom is -0.391 e. The minimum atomic E-state index is -0.573. The molecule has 0 unspecified atom stereocenters. The summed E-state index contributed by atoms with van der Waals surface area (Å²) in [5.74, 6) is 0.390. The van der Waals surface area contributed by atoms with Gasteiger partial charge in [-0.1, -0.05) is 40.6 Å². The Kier molecular flexibility index (Phi) is 6.11. The molecule has 1 saturated heterocycles. The minimum absolute atomic E-state index is 0.112. The zero-order valence-electron chi connectivity index (χ0n) is 14.6. The number of nitrogens with one attached hydrogen (secondary N) is 1. The van der Waals surface area contributed by atoms with Gasteiger partial charge >= 0.3 is 0 Å². The van der Waals surface area contributed by atoms with E-state index in [-0.39, 0.29) is 24.9 Å². The molecule has 0 radical (unpaired) electrons. The van der Waals surface area contributed by atoms with Gasteiger partial charge in [0.1, 0.15) is 5.76 Å². The summed E-state index contributed by atoms with van der Waals surface area (Å²) in [6.45, 7) is 2.70. The first-order valence-electron chi connectivity index (χ1n) is 8.64. The fraction of sp³-hybridized carbons (Fsp3) is 0.500. The van der Waals surface area contributed by atoms with Crippen molar-refractivity contribution in [3.8, 4) is 0 Å². The molecule has 1 aromatic rings. The van der Waals surface area contributed by atoms with Crippen LogP contribution in [-0.2, 0) is 11.2 Å². The molecule has 1 aliphatic carbocycles. The third-order valence-corrected chi connectivity index (χ3v) is 5.31. The number of hydrogen-bond donors (Lipinski definition) is 2. The van der Waals surface area contributed by atoms with Gasteiger partial charge in [0.05, 0.1) is 29.2 Å². The number of likely N-dealkylation sites (tertiary alicyclic amines) is 1. The Labute approximate surface area is 162 Å². The van der Waals surface area contributed by atoms with Gasteiger partial charge in [-0.15, -0.1) is 0 Å². The van der Waals surface area contributed by atoms with Gasteiger partial charge in [0.25, 0.3) is 0 Å². The van der Waals surface area contributed by atoms with Gasteiger partial charge in [0.15, 0.2) is 0 Å². The molecule has 2 heterocycles. The summed E-state index contributed by atoms with van der Waals surface area (Å²) in [6.07, 6.45) is 5.62. The summed E-state index contributed by atoms with van der Waals surface area (Å²) in [5.41, 5.74) is 1.95. The van der Waals surface area contributed by atoms with Gasteiger partial charge in [-0.3, -0.25) is 4.79 Å². The highest BCUT2D eigenvalue weighted by Gasteiger charge is 2.37. The molecule has 0 bridgehead atoms. The molecule has 0 aromatic carbocycles. The van der Waals surface area contributed by atoms with E-state index in [4.69, 9.17) is 28.3 Å². The Hall–Kier alpha value is -1.70. The maximum atomic E-state index is 12.6. The molecular weight excluding hydrogens is 374 g/mol. The first kappa shape index (κ1) is 19.1. The molecule has 0 spiro atoms. The van der Waals surface area contributed by atoms with E-state index in [0.29, 0.717) is 23.7 Å². The van der Waals surface area contributed by atoms with Gasteiger partial charge in [0, 0.05) is 30.6 Å².